The molecule has 0 saturated carbocycles. The highest BCUT2D eigenvalue weighted by Gasteiger charge is 1.99. The molecule has 106 valence electrons. The van der Waals surface area contributed by atoms with E-state index < -0.39 is 0 Å². The Morgan fingerprint density at radius 1 is 0.952 bits per heavy atom. The minimum Gasteiger partial charge on any atom is -0.492 e. The molecule has 2 aromatic carbocycles. The van der Waals surface area contributed by atoms with Crippen LogP contribution in [0.3, 0.4) is 0 Å². The van der Waals surface area contributed by atoms with Gasteiger partial charge in [0.15, 0.2) is 0 Å². The van der Waals surface area contributed by atoms with Crippen LogP contribution >= 0.6 is 0 Å². The van der Waals surface area contributed by atoms with Crippen LogP contribution in [0.25, 0.3) is 11.1 Å². The van der Waals surface area contributed by atoms with Crippen molar-refractivity contribution in [2.75, 3.05) is 12.3 Å². The molecule has 0 unspecified atom stereocenters. The lowest BCUT2D eigenvalue weighted by molar-refractivity contribution is 0.291. The first kappa shape index (κ1) is 13.2. The number of nitrogen functional groups attached to an aromatic ring is 1. The molecule has 0 bridgehead atoms. The quantitative estimate of drug-likeness (QED) is 0.780. The van der Waals surface area contributed by atoms with Crippen molar-refractivity contribution in [2.24, 2.45) is 0 Å². The van der Waals surface area contributed by atoms with Gasteiger partial charge in [-0.05, 0) is 23.3 Å². The van der Waals surface area contributed by atoms with Gasteiger partial charge >= 0.3 is 0 Å². The van der Waals surface area contributed by atoms with Crippen LogP contribution in [0, 0.1) is 0 Å². The van der Waals surface area contributed by atoms with Crippen LogP contribution in [0.15, 0.2) is 67.0 Å². The summed E-state index contributed by atoms with van der Waals surface area (Å²) in [5.74, 6) is 0.856. The van der Waals surface area contributed by atoms with Gasteiger partial charge in [0.05, 0.1) is 18.4 Å². The molecule has 0 aliphatic rings. The molecule has 4 nitrogen and oxygen atoms in total. The van der Waals surface area contributed by atoms with Crippen molar-refractivity contribution in [2.45, 2.75) is 6.54 Å². The van der Waals surface area contributed by atoms with E-state index in [1.807, 2.05) is 30.3 Å². The molecule has 0 aliphatic carbocycles. The summed E-state index contributed by atoms with van der Waals surface area (Å²) in [5.41, 5.74) is 8.67. The maximum absolute atomic E-state index is 5.71. The fourth-order valence-corrected chi connectivity index (χ4v) is 2.13. The maximum atomic E-state index is 5.71. The highest BCUT2D eigenvalue weighted by Crippen LogP contribution is 2.21. The standard InChI is InChI=1S/C17H17N3O/c18-16-12-19-20(13-16)10-11-21-17-8-6-15(7-9-17)14-4-2-1-3-5-14/h1-9,12-13H,10-11,18H2. The molecule has 0 saturated heterocycles. The maximum Gasteiger partial charge on any atom is 0.119 e. The molecule has 21 heavy (non-hydrogen) atoms. The fourth-order valence-electron chi connectivity index (χ4n) is 2.13. The Morgan fingerprint density at radius 3 is 2.33 bits per heavy atom. The Hall–Kier alpha value is -2.75. The second kappa shape index (κ2) is 6.13. The predicted molar refractivity (Wildman–Crippen MR) is 84.0 cm³/mol. The zero-order chi connectivity index (χ0) is 14.5. The van der Waals surface area contributed by atoms with E-state index in [0.29, 0.717) is 18.8 Å². The van der Waals surface area contributed by atoms with Crippen LogP contribution < -0.4 is 10.5 Å². The van der Waals surface area contributed by atoms with E-state index in [0.717, 1.165) is 5.75 Å². The summed E-state index contributed by atoms with van der Waals surface area (Å²) in [4.78, 5) is 0. The van der Waals surface area contributed by atoms with Gasteiger partial charge in [-0.15, -0.1) is 0 Å². The van der Waals surface area contributed by atoms with Gasteiger partial charge in [-0.25, -0.2) is 0 Å². The highest BCUT2D eigenvalue weighted by atomic mass is 16.5. The van der Waals surface area contributed by atoms with Crippen LogP contribution in [-0.2, 0) is 6.54 Å². The number of anilines is 1. The van der Waals surface area contributed by atoms with Gasteiger partial charge in [0.1, 0.15) is 12.4 Å². The number of rotatable bonds is 5. The predicted octanol–water partition coefficient (Wildman–Crippen LogP) is 3.21. The summed E-state index contributed by atoms with van der Waals surface area (Å²) < 4.78 is 7.48. The van der Waals surface area contributed by atoms with Gasteiger partial charge < -0.3 is 10.5 Å². The first-order valence-corrected chi connectivity index (χ1v) is 6.87. The third kappa shape index (κ3) is 3.42. The van der Waals surface area contributed by atoms with Crippen molar-refractivity contribution in [3.05, 3.63) is 67.0 Å². The molecule has 3 aromatic rings. The Morgan fingerprint density at radius 2 is 1.67 bits per heavy atom. The second-order valence-corrected chi connectivity index (χ2v) is 4.78. The van der Waals surface area contributed by atoms with Gasteiger partial charge in [-0.1, -0.05) is 42.5 Å². The molecule has 0 fully saturated rings. The highest BCUT2D eigenvalue weighted by molar-refractivity contribution is 5.63. The zero-order valence-electron chi connectivity index (χ0n) is 11.6. The Labute approximate surface area is 123 Å². The van der Waals surface area contributed by atoms with Crippen molar-refractivity contribution in [3.8, 4) is 16.9 Å². The van der Waals surface area contributed by atoms with Crippen LogP contribution in [0.2, 0.25) is 0 Å². The fraction of sp³-hybridized carbons (Fsp3) is 0.118. The van der Waals surface area contributed by atoms with Gasteiger partial charge in [-0.2, -0.15) is 5.10 Å². The summed E-state index contributed by atoms with van der Waals surface area (Å²) in [5, 5.41) is 4.11. The molecule has 0 aliphatic heterocycles. The van der Waals surface area contributed by atoms with E-state index in [-0.39, 0.29) is 0 Å². The number of benzene rings is 2. The number of nitrogens with two attached hydrogens (primary N) is 1. The van der Waals surface area contributed by atoms with Gasteiger partial charge in [-0.3, -0.25) is 4.68 Å². The summed E-state index contributed by atoms with van der Waals surface area (Å²) in [6, 6.07) is 18.4. The molecule has 0 amide bonds. The number of aromatic nitrogens is 2. The van der Waals surface area contributed by atoms with Crippen molar-refractivity contribution >= 4 is 5.69 Å². The van der Waals surface area contributed by atoms with Crippen molar-refractivity contribution in [1.82, 2.24) is 9.78 Å². The number of hydrogen-bond acceptors (Lipinski definition) is 3. The van der Waals surface area contributed by atoms with Crippen molar-refractivity contribution in [3.63, 3.8) is 0 Å². The summed E-state index contributed by atoms with van der Waals surface area (Å²) in [7, 11) is 0. The lowest BCUT2D eigenvalue weighted by Crippen LogP contribution is -2.08. The molecule has 4 heteroatoms. The van der Waals surface area contributed by atoms with E-state index >= 15 is 0 Å². The second-order valence-electron chi connectivity index (χ2n) is 4.78. The molecule has 0 spiro atoms. The average Bonchev–Trinajstić information content (AvgIpc) is 2.94. The molecule has 1 aromatic heterocycles. The van der Waals surface area contributed by atoms with E-state index in [9.17, 15) is 0 Å². The topological polar surface area (TPSA) is 53.1 Å². The SMILES string of the molecule is Nc1cnn(CCOc2ccc(-c3ccccc3)cc2)c1. The van der Waals surface area contributed by atoms with Crippen molar-refractivity contribution < 1.29 is 4.74 Å². The third-order valence-electron chi connectivity index (χ3n) is 3.20. The lowest BCUT2D eigenvalue weighted by atomic mass is 10.1. The van der Waals surface area contributed by atoms with E-state index in [2.05, 4.69) is 29.4 Å². The van der Waals surface area contributed by atoms with E-state index in [1.54, 1.807) is 17.1 Å². The van der Waals surface area contributed by atoms with Gasteiger partial charge in [0.2, 0.25) is 0 Å². The average molecular weight is 279 g/mol. The minimum atomic E-state index is 0.561. The zero-order valence-corrected chi connectivity index (χ0v) is 11.6. The Balaban J connectivity index is 1.57. The molecule has 3 rings (SSSR count). The third-order valence-corrected chi connectivity index (χ3v) is 3.20. The Bertz CT molecular complexity index is 690. The summed E-state index contributed by atoms with van der Waals surface area (Å²) in [6.07, 6.45) is 3.43. The minimum absolute atomic E-state index is 0.561. The largest absolute Gasteiger partial charge is 0.492 e. The van der Waals surface area contributed by atoms with Gasteiger partial charge in [0, 0.05) is 6.20 Å². The van der Waals surface area contributed by atoms with E-state index in [4.69, 9.17) is 10.5 Å². The smallest absolute Gasteiger partial charge is 0.119 e. The van der Waals surface area contributed by atoms with Crippen molar-refractivity contribution in [1.29, 1.82) is 0 Å². The first-order chi connectivity index (χ1) is 10.3. The monoisotopic (exact) mass is 279 g/mol. The molecular formula is C17H17N3O. The molecular weight excluding hydrogens is 262 g/mol. The van der Waals surface area contributed by atoms with Crippen LogP contribution in [0.4, 0.5) is 5.69 Å². The van der Waals surface area contributed by atoms with Crippen LogP contribution in [0.1, 0.15) is 0 Å². The summed E-state index contributed by atoms with van der Waals surface area (Å²) >= 11 is 0. The van der Waals surface area contributed by atoms with E-state index in [1.165, 1.54) is 11.1 Å². The normalized spacial score (nSPS) is 10.5. The molecule has 0 radical (unpaired) electrons. The Kier molecular flexibility index (Phi) is 3.87. The summed E-state index contributed by atoms with van der Waals surface area (Å²) in [6.45, 7) is 1.24. The van der Waals surface area contributed by atoms with Crippen LogP contribution in [-0.4, -0.2) is 16.4 Å². The first-order valence-electron chi connectivity index (χ1n) is 6.87. The molecule has 2 N–H and O–H groups in total. The van der Waals surface area contributed by atoms with Crippen LogP contribution in [0.5, 0.6) is 5.75 Å². The van der Waals surface area contributed by atoms with Gasteiger partial charge in [0.25, 0.3) is 0 Å². The molecule has 0 atom stereocenters. The lowest BCUT2D eigenvalue weighted by Gasteiger charge is -2.07. The number of nitrogens with zero attached hydrogens (tertiary/aromatic N) is 2. The molecule has 1 heterocycles. The number of hydrogen-bond donors (Lipinski definition) is 1. The number of ether oxygens (including phenoxy) is 1.